The number of amides is 2. The number of urea groups is 1. The van der Waals surface area contributed by atoms with E-state index in [0.717, 1.165) is 48.5 Å². The van der Waals surface area contributed by atoms with Gasteiger partial charge < -0.3 is 19.9 Å². The summed E-state index contributed by atoms with van der Waals surface area (Å²) in [7, 11) is 0. The van der Waals surface area contributed by atoms with E-state index in [2.05, 4.69) is 28.5 Å². The number of ether oxygens (including phenoxy) is 1. The van der Waals surface area contributed by atoms with Crippen molar-refractivity contribution < 1.29 is 9.53 Å². The van der Waals surface area contributed by atoms with Crippen molar-refractivity contribution in [3.63, 3.8) is 0 Å². The Balaban J connectivity index is 1.27. The van der Waals surface area contributed by atoms with Crippen LogP contribution in [0.4, 0.5) is 10.5 Å². The molecule has 2 N–H and O–H groups in total. The van der Waals surface area contributed by atoms with Crippen molar-refractivity contribution in [1.82, 2.24) is 9.88 Å². The highest BCUT2D eigenvalue weighted by atomic mass is 16.5. The molecule has 2 aromatic carbocycles. The fraction of sp³-hybridized carbons (Fsp3) is 0.348. The number of para-hydroxylation sites is 1. The summed E-state index contributed by atoms with van der Waals surface area (Å²) >= 11 is 0. The van der Waals surface area contributed by atoms with E-state index in [9.17, 15) is 4.79 Å². The van der Waals surface area contributed by atoms with E-state index in [1.165, 1.54) is 23.8 Å². The van der Waals surface area contributed by atoms with Gasteiger partial charge in [0.1, 0.15) is 5.75 Å². The first kappa shape index (κ1) is 17.2. The zero-order valence-corrected chi connectivity index (χ0v) is 15.9. The van der Waals surface area contributed by atoms with Crippen LogP contribution in [0.3, 0.4) is 0 Å². The van der Waals surface area contributed by atoms with Gasteiger partial charge >= 0.3 is 6.03 Å². The molecular weight excluding hydrogens is 350 g/mol. The van der Waals surface area contributed by atoms with Crippen LogP contribution in [0.2, 0.25) is 0 Å². The minimum atomic E-state index is -0.0673. The van der Waals surface area contributed by atoms with Gasteiger partial charge in [-0.05, 0) is 55.9 Å². The molecule has 1 aromatic heterocycles. The number of anilines is 1. The Morgan fingerprint density at radius 1 is 1.11 bits per heavy atom. The molecule has 0 atom stereocenters. The number of hydrogen-bond donors (Lipinski definition) is 2. The first-order valence-electron chi connectivity index (χ1n) is 10.2. The Hall–Kier alpha value is -2.95. The molecule has 0 unspecified atom stereocenters. The minimum absolute atomic E-state index is 0.0673. The Morgan fingerprint density at radius 3 is 2.86 bits per heavy atom. The maximum atomic E-state index is 12.8. The Morgan fingerprint density at radius 2 is 1.96 bits per heavy atom. The number of aromatic nitrogens is 1. The van der Waals surface area contributed by atoms with E-state index < -0.39 is 0 Å². The summed E-state index contributed by atoms with van der Waals surface area (Å²) < 4.78 is 6.05. The van der Waals surface area contributed by atoms with Gasteiger partial charge in [-0.2, -0.15) is 0 Å². The van der Waals surface area contributed by atoms with Gasteiger partial charge in [0, 0.05) is 34.9 Å². The second kappa shape index (κ2) is 7.23. The SMILES string of the molecule is O=C(Nc1cccc(OC2CCCC2)c1)N1CCc2c([nH]c3ccccc23)C1. The van der Waals surface area contributed by atoms with Crippen molar-refractivity contribution in [3.8, 4) is 5.75 Å². The molecule has 5 nitrogen and oxygen atoms in total. The molecule has 5 rings (SSSR count). The first-order valence-corrected chi connectivity index (χ1v) is 10.2. The van der Waals surface area contributed by atoms with Gasteiger partial charge in [0.05, 0.1) is 12.6 Å². The zero-order valence-electron chi connectivity index (χ0n) is 15.9. The second-order valence-corrected chi connectivity index (χ2v) is 7.78. The van der Waals surface area contributed by atoms with E-state index in [4.69, 9.17) is 4.74 Å². The normalized spacial score (nSPS) is 16.9. The first-order chi connectivity index (χ1) is 13.8. The molecule has 1 fully saturated rings. The molecule has 1 aliphatic carbocycles. The van der Waals surface area contributed by atoms with Gasteiger partial charge in [-0.3, -0.25) is 0 Å². The molecular formula is C23H25N3O2. The van der Waals surface area contributed by atoms with Gasteiger partial charge in [0.15, 0.2) is 0 Å². The molecule has 2 aliphatic rings. The predicted octanol–water partition coefficient (Wildman–Crippen LogP) is 5.08. The predicted molar refractivity (Wildman–Crippen MR) is 111 cm³/mol. The lowest BCUT2D eigenvalue weighted by atomic mass is 10.0. The van der Waals surface area contributed by atoms with E-state index in [-0.39, 0.29) is 6.03 Å². The monoisotopic (exact) mass is 375 g/mol. The average molecular weight is 375 g/mol. The van der Waals surface area contributed by atoms with Crippen LogP contribution >= 0.6 is 0 Å². The summed E-state index contributed by atoms with van der Waals surface area (Å²) in [5.41, 5.74) is 4.40. The van der Waals surface area contributed by atoms with E-state index >= 15 is 0 Å². The highest BCUT2D eigenvalue weighted by molar-refractivity contribution is 5.90. The van der Waals surface area contributed by atoms with Crippen molar-refractivity contribution in [3.05, 3.63) is 59.8 Å². The zero-order chi connectivity index (χ0) is 18.9. The van der Waals surface area contributed by atoms with Crippen LogP contribution in [0, 0.1) is 0 Å². The number of nitrogens with zero attached hydrogens (tertiary/aromatic N) is 1. The van der Waals surface area contributed by atoms with E-state index in [1.54, 1.807) is 0 Å². The van der Waals surface area contributed by atoms with E-state index in [0.29, 0.717) is 12.6 Å². The summed E-state index contributed by atoms with van der Waals surface area (Å²) in [6.45, 7) is 1.33. The molecule has 1 aliphatic heterocycles. The molecule has 0 saturated heterocycles. The summed E-state index contributed by atoms with van der Waals surface area (Å²) in [4.78, 5) is 18.1. The third-order valence-corrected chi connectivity index (χ3v) is 5.86. The lowest BCUT2D eigenvalue weighted by Gasteiger charge is -2.27. The van der Waals surface area contributed by atoms with E-state index in [1.807, 2.05) is 35.2 Å². The quantitative estimate of drug-likeness (QED) is 0.671. The van der Waals surface area contributed by atoms with Gasteiger partial charge in [-0.15, -0.1) is 0 Å². The maximum Gasteiger partial charge on any atom is 0.322 e. The Bertz CT molecular complexity index is 1000. The van der Waals surface area contributed by atoms with Crippen molar-refractivity contribution in [1.29, 1.82) is 0 Å². The van der Waals surface area contributed by atoms with Gasteiger partial charge in [0.25, 0.3) is 0 Å². The number of carbonyl (C=O) groups is 1. The van der Waals surface area contributed by atoms with Crippen LogP contribution in [0.25, 0.3) is 10.9 Å². The molecule has 0 bridgehead atoms. The number of carbonyl (C=O) groups excluding carboxylic acids is 1. The second-order valence-electron chi connectivity index (χ2n) is 7.78. The number of aromatic amines is 1. The summed E-state index contributed by atoms with van der Waals surface area (Å²) in [6.07, 6.45) is 5.91. The third-order valence-electron chi connectivity index (χ3n) is 5.86. The summed E-state index contributed by atoms with van der Waals surface area (Å²) in [6, 6.07) is 16.0. The van der Waals surface area contributed by atoms with Gasteiger partial charge in [-0.1, -0.05) is 24.3 Å². The number of hydrogen-bond acceptors (Lipinski definition) is 2. The molecule has 1 saturated carbocycles. The summed E-state index contributed by atoms with van der Waals surface area (Å²) in [5, 5.41) is 4.31. The van der Waals surface area contributed by atoms with Crippen LogP contribution in [0.1, 0.15) is 36.9 Å². The molecule has 2 heterocycles. The maximum absolute atomic E-state index is 12.8. The number of nitrogens with one attached hydrogen (secondary N) is 2. The van der Waals surface area contributed by atoms with Crippen LogP contribution in [0.5, 0.6) is 5.75 Å². The van der Waals surface area contributed by atoms with Crippen LogP contribution < -0.4 is 10.1 Å². The third kappa shape index (κ3) is 3.33. The standard InChI is InChI=1S/C23H25N3O2/c27-23(24-16-6-5-9-18(14-16)28-17-7-1-2-8-17)26-13-12-20-19-10-3-4-11-21(19)25-22(20)15-26/h3-6,9-11,14,17,25H,1-2,7-8,12-13,15H2,(H,24,27). The number of H-pyrrole nitrogens is 1. The fourth-order valence-electron chi connectivity index (χ4n) is 4.41. The smallest absolute Gasteiger partial charge is 0.322 e. The van der Waals surface area contributed by atoms with Crippen molar-refractivity contribution in [2.45, 2.75) is 44.8 Å². The fourth-order valence-corrected chi connectivity index (χ4v) is 4.41. The Labute approximate surface area is 164 Å². The lowest BCUT2D eigenvalue weighted by molar-refractivity contribution is 0.205. The van der Waals surface area contributed by atoms with Gasteiger partial charge in [0.2, 0.25) is 0 Å². The highest BCUT2D eigenvalue weighted by Gasteiger charge is 2.24. The molecule has 28 heavy (non-hydrogen) atoms. The average Bonchev–Trinajstić information content (AvgIpc) is 3.35. The largest absolute Gasteiger partial charge is 0.490 e. The molecule has 2 amide bonds. The summed E-state index contributed by atoms with van der Waals surface area (Å²) in [5.74, 6) is 0.834. The van der Waals surface area contributed by atoms with Gasteiger partial charge in [-0.25, -0.2) is 4.79 Å². The van der Waals surface area contributed by atoms with Crippen LogP contribution in [-0.2, 0) is 13.0 Å². The Kier molecular flexibility index (Phi) is 4.43. The topological polar surface area (TPSA) is 57.4 Å². The van der Waals surface area contributed by atoms with Crippen molar-refractivity contribution >= 4 is 22.6 Å². The highest BCUT2D eigenvalue weighted by Crippen LogP contribution is 2.28. The van der Waals surface area contributed by atoms with Crippen molar-refractivity contribution in [2.75, 3.05) is 11.9 Å². The van der Waals surface area contributed by atoms with Crippen LogP contribution in [0.15, 0.2) is 48.5 Å². The number of rotatable bonds is 3. The molecule has 144 valence electrons. The lowest BCUT2D eigenvalue weighted by Crippen LogP contribution is -2.38. The molecule has 0 spiro atoms. The van der Waals surface area contributed by atoms with Crippen molar-refractivity contribution in [2.24, 2.45) is 0 Å². The van der Waals surface area contributed by atoms with Crippen LogP contribution in [-0.4, -0.2) is 28.6 Å². The minimum Gasteiger partial charge on any atom is -0.490 e. The molecule has 0 radical (unpaired) electrons. The molecule has 3 aromatic rings. The molecule has 5 heteroatoms. The number of fused-ring (bicyclic) bond motifs is 3. The number of benzene rings is 2.